The van der Waals surface area contributed by atoms with Gasteiger partial charge in [-0.2, -0.15) is 0 Å². The quantitative estimate of drug-likeness (QED) is 0.464. The molecule has 0 aromatic carbocycles. The van der Waals surface area contributed by atoms with Gasteiger partial charge < -0.3 is 9.11 Å². The maximum absolute atomic E-state index is 9.33. The van der Waals surface area contributed by atoms with E-state index >= 15 is 0 Å². The monoisotopic (exact) mass is 352 g/mol. The summed E-state index contributed by atoms with van der Waals surface area (Å²) in [6.07, 6.45) is 0. The van der Waals surface area contributed by atoms with Gasteiger partial charge in [-0.1, -0.05) is 13.2 Å². The van der Waals surface area contributed by atoms with Gasteiger partial charge in [0.25, 0.3) is 0 Å². The first kappa shape index (κ1) is 19.4. The number of hydrogen-bond acceptors (Lipinski definition) is 6. The minimum absolute atomic E-state index is 0. The predicted octanol–water partition coefficient (Wildman–Crippen LogP) is -1.03. The molecule has 0 amide bonds. The van der Waals surface area contributed by atoms with Gasteiger partial charge in [0.05, 0.1) is 0 Å². The fraction of sp³-hybridized carbons (Fsp3) is 0. The Bertz CT molecular complexity index is 280. The Labute approximate surface area is 117 Å². The molecule has 0 atom stereocenters. The van der Waals surface area contributed by atoms with Crippen molar-refractivity contribution in [2.45, 2.75) is 0 Å². The van der Waals surface area contributed by atoms with Crippen LogP contribution in [0.5, 0.6) is 0 Å². The molecule has 0 unspecified atom stereocenters. The van der Waals surface area contributed by atoms with E-state index in [2.05, 4.69) is 13.2 Å². The maximum atomic E-state index is 9.33. The molecule has 0 saturated heterocycles. The number of hydrogen-bond donors (Lipinski definition) is 0. The third-order valence-electron chi connectivity index (χ3n) is 0.408. The zero-order valence-corrected chi connectivity index (χ0v) is 12.6. The van der Waals surface area contributed by atoms with Crippen molar-refractivity contribution in [2.24, 2.45) is 0 Å². The van der Waals surface area contributed by atoms with Crippen LogP contribution in [0.2, 0.25) is 0 Å². The summed E-state index contributed by atoms with van der Waals surface area (Å²) in [4.78, 5) is 0. The Balaban J connectivity index is -0.000000143. The summed E-state index contributed by atoms with van der Waals surface area (Å²) in [6, 6.07) is 0. The van der Waals surface area contributed by atoms with Gasteiger partial charge >= 0.3 is 48.9 Å². The van der Waals surface area contributed by atoms with Crippen LogP contribution in [0.15, 0.2) is 24.0 Å². The molecule has 0 aliphatic rings. The summed E-state index contributed by atoms with van der Waals surface area (Å²) in [5.41, 5.74) is 0. The van der Waals surface area contributed by atoms with Crippen molar-refractivity contribution < 1.29 is 25.9 Å². The summed E-state index contributed by atoms with van der Waals surface area (Å²) >= 11 is 0. The Hall–Kier alpha value is 0.871. The fourth-order valence-electron chi connectivity index (χ4n) is 0. The molecule has 13 heavy (non-hydrogen) atoms. The molecule has 0 spiro atoms. The molecule has 0 heterocycles. The summed E-state index contributed by atoms with van der Waals surface area (Å²) in [7, 11) is -8.30. The molecule has 0 aliphatic heterocycles. The van der Waals surface area contributed by atoms with Gasteiger partial charge in [0.15, 0.2) is 0 Å². The molecule has 0 rings (SSSR count). The summed E-state index contributed by atoms with van der Waals surface area (Å²) in [6.45, 7) is 5.46. The topological polar surface area (TPSA) is 114 Å². The summed E-state index contributed by atoms with van der Waals surface area (Å²) in [5.74, 6) is 0. The van der Waals surface area contributed by atoms with Crippen molar-refractivity contribution in [1.82, 2.24) is 0 Å². The Morgan fingerprint density at radius 2 is 0.923 bits per heavy atom. The molecule has 0 N–H and O–H groups in total. The first-order valence-electron chi connectivity index (χ1n) is 2.29. The van der Waals surface area contributed by atoms with Crippen LogP contribution < -0.4 is 0 Å². The van der Waals surface area contributed by atoms with Gasteiger partial charge in [0.2, 0.25) is 0 Å². The van der Waals surface area contributed by atoms with E-state index in [4.69, 9.17) is 0 Å². The van der Waals surface area contributed by atoms with Crippen LogP contribution in [0.25, 0.3) is 0 Å². The van der Waals surface area contributed by atoms with Gasteiger partial charge in [-0.15, -0.1) is 0 Å². The first-order chi connectivity index (χ1) is 5.12. The normalized spacial score (nSPS) is 10.0. The average Bonchev–Trinajstić information content (AvgIpc) is 1.86. The smallest absolute Gasteiger partial charge is 0.745 e. The Kier molecular flexibility index (Phi) is 12.3. The second kappa shape index (κ2) is 8.20. The van der Waals surface area contributed by atoms with E-state index in [0.717, 1.165) is 0 Å². The fourth-order valence-corrected chi connectivity index (χ4v) is 0. The zero-order valence-electron chi connectivity index (χ0n) is 6.54. The second-order valence-corrected chi connectivity index (χ2v) is 3.96. The minimum atomic E-state index is -4.15. The molecule has 6 nitrogen and oxygen atoms in total. The van der Waals surface area contributed by atoms with Crippen LogP contribution in [-0.4, -0.2) is 74.8 Å². The van der Waals surface area contributed by atoms with Crippen LogP contribution >= 0.6 is 0 Å². The maximum Gasteiger partial charge on any atom is 2.00 e. The van der Waals surface area contributed by atoms with E-state index < -0.39 is 20.2 Å². The molecular weight excluding hydrogens is 346 g/mol. The molecule has 72 valence electrons. The molecule has 0 fully saturated rings. The van der Waals surface area contributed by atoms with E-state index in [0.29, 0.717) is 10.8 Å². The van der Waals surface area contributed by atoms with Crippen LogP contribution in [0, 0.1) is 0 Å². The molecule has 0 aromatic heterocycles. The SMILES string of the molecule is C=CS(=O)(=O)[O-].C=CS(=O)(=O)[O-].[Ba+2]. The van der Waals surface area contributed by atoms with Crippen LogP contribution in [0.4, 0.5) is 0 Å². The van der Waals surface area contributed by atoms with Gasteiger partial charge in [-0.3, -0.25) is 0 Å². The van der Waals surface area contributed by atoms with E-state index in [-0.39, 0.29) is 48.9 Å². The van der Waals surface area contributed by atoms with Gasteiger partial charge in [-0.05, 0) is 0 Å². The third kappa shape index (κ3) is 32.2. The summed E-state index contributed by atoms with van der Waals surface area (Å²) in [5, 5.41) is 0.708. The Morgan fingerprint density at radius 3 is 0.923 bits per heavy atom. The van der Waals surface area contributed by atoms with Crippen molar-refractivity contribution in [2.75, 3.05) is 0 Å². The minimum Gasteiger partial charge on any atom is -0.745 e. The van der Waals surface area contributed by atoms with Gasteiger partial charge in [-0.25, -0.2) is 16.8 Å². The molecular formula is C4H6BaO6S2. The van der Waals surface area contributed by atoms with Crippen molar-refractivity contribution in [3.05, 3.63) is 24.0 Å². The zero-order chi connectivity index (χ0) is 10.4. The van der Waals surface area contributed by atoms with Crippen molar-refractivity contribution in [3.8, 4) is 0 Å². The third-order valence-corrected chi connectivity index (χ3v) is 1.22. The molecule has 0 bridgehead atoms. The molecule has 9 heteroatoms. The largest absolute Gasteiger partial charge is 2.00 e. The Morgan fingerprint density at radius 1 is 0.846 bits per heavy atom. The summed E-state index contributed by atoms with van der Waals surface area (Å²) < 4.78 is 56.0. The molecule has 0 aliphatic carbocycles. The second-order valence-electron chi connectivity index (χ2n) is 1.32. The molecule has 0 saturated carbocycles. The van der Waals surface area contributed by atoms with Crippen molar-refractivity contribution in [3.63, 3.8) is 0 Å². The van der Waals surface area contributed by atoms with Crippen LogP contribution in [0.3, 0.4) is 0 Å². The van der Waals surface area contributed by atoms with E-state index in [1.54, 1.807) is 0 Å². The standard InChI is InChI=1S/2C2H4O3S.Ba/c2*1-2-6(3,4)5;/h2*2H,1H2,(H,3,4,5);/q;;+2/p-2. The number of rotatable bonds is 2. The van der Waals surface area contributed by atoms with Crippen molar-refractivity contribution in [1.29, 1.82) is 0 Å². The van der Waals surface area contributed by atoms with E-state index in [9.17, 15) is 25.9 Å². The average molecular weight is 352 g/mol. The molecule has 0 radical (unpaired) electrons. The molecule has 0 aromatic rings. The van der Waals surface area contributed by atoms with Crippen LogP contribution in [-0.2, 0) is 20.2 Å². The van der Waals surface area contributed by atoms with Crippen LogP contribution in [0.1, 0.15) is 0 Å². The van der Waals surface area contributed by atoms with E-state index in [1.165, 1.54) is 0 Å². The van der Waals surface area contributed by atoms with Gasteiger partial charge in [0, 0.05) is 10.8 Å². The van der Waals surface area contributed by atoms with E-state index in [1.807, 2.05) is 0 Å². The van der Waals surface area contributed by atoms with Gasteiger partial charge in [0.1, 0.15) is 20.2 Å². The first-order valence-corrected chi connectivity index (χ1v) is 5.23. The van der Waals surface area contributed by atoms with Crippen molar-refractivity contribution >= 4 is 69.1 Å². The predicted molar refractivity (Wildman–Crippen MR) is 45.5 cm³/mol.